The second-order valence-corrected chi connectivity index (χ2v) is 4.83. The Hall–Kier alpha value is -1.88. The van der Waals surface area contributed by atoms with Crippen LogP contribution in [0.4, 0.5) is 0 Å². The van der Waals surface area contributed by atoms with E-state index in [0.29, 0.717) is 18.3 Å². The maximum absolute atomic E-state index is 5.89. The second kappa shape index (κ2) is 5.01. The summed E-state index contributed by atoms with van der Waals surface area (Å²) in [6, 6.07) is 7.86. The highest BCUT2D eigenvalue weighted by Crippen LogP contribution is 2.31. The van der Waals surface area contributed by atoms with E-state index in [1.165, 1.54) is 5.56 Å². The van der Waals surface area contributed by atoms with E-state index in [2.05, 4.69) is 16.2 Å². The first-order chi connectivity index (χ1) is 9.28. The second-order valence-electron chi connectivity index (χ2n) is 4.83. The molecule has 3 rings (SSSR count). The first kappa shape index (κ1) is 12.2. The van der Waals surface area contributed by atoms with Crippen LogP contribution in [-0.4, -0.2) is 16.7 Å². The molecule has 0 fully saturated rings. The van der Waals surface area contributed by atoms with Crippen molar-refractivity contribution in [1.82, 2.24) is 10.1 Å². The number of nitrogens with two attached hydrogens (primary N) is 1. The number of benzene rings is 1. The number of aromatic nitrogens is 2. The summed E-state index contributed by atoms with van der Waals surface area (Å²) in [5.41, 5.74) is 7.07. The van der Waals surface area contributed by atoms with Crippen LogP contribution >= 0.6 is 0 Å². The maximum Gasteiger partial charge on any atom is 0.243 e. The molecule has 0 amide bonds. The molecule has 2 heterocycles. The number of nitrogens with zero attached hydrogens (tertiary/aromatic N) is 2. The van der Waals surface area contributed by atoms with Crippen molar-refractivity contribution in [2.24, 2.45) is 5.73 Å². The van der Waals surface area contributed by atoms with Gasteiger partial charge in [0.15, 0.2) is 5.82 Å². The quantitative estimate of drug-likeness (QED) is 0.914. The van der Waals surface area contributed by atoms with Gasteiger partial charge in [-0.05, 0) is 24.5 Å². The molecule has 2 aromatic rings. The minimum absolute atomic E-state index is 0.136. The molecule has 1 aromatic carbocycles. The SMILES string of the molecule is CC[C@@H](N)c1nc(C2COc3ccccc3C2)no1. The van der Waals surface area contributed by atoms with E-state index in [-0.39, 0.29) is 12.0 Å². The molecular formula is C14H17N3O2. The van der Waals surface area contributed by atoms with Crippen LogP contribution in [0, 0.1) is 0 Å². The Labute approximate surface area is 111 Å². The Morgan fingerprint density at radius 1 is 1.42 bits per heavy atom. The Morgan fingerprint density at radius 2 is 2.26 bits per heavy atom. The van der Waals surface area contributed by atoms with Crippen LogP contribution in [0.15, 0.2) is 28.8 Å². The molecule has 5 heteroatoms. The number of rotatable bonds is 3. The van der Waals surface area contributed by atoms with Gasteiger partial charge in [-0.15, -0.1) is 0 Å². The molecule has 0 bridgehead atoms. The molecule has 0 radical (unpaired) electrons. The van der Waals surface area contributed by atoms with E-state index in [1.54, 1.807) is 0 Å². The van der Waals surface area contributed by atoms with Gasteiger partial charge in [-0.3, -0.25) is 0 Å². The van der Waals surface area contributed by atoms with Crippen LogP contribution in [0.5, 0.6) is 5.75 Å². The van der Waals surface area contributed by atoms with Crippen molar-refractivity contribution in [3.8, 4) is 5.75 Å². The van der Waals surface area contributed by atoms with Gasteiger partial charge in [0.1, 0.15) is 5.75 Å². The summed E-state index contributed by atoms with van der Waals surface area (Å²) in [5, 5.41) is 4.04. The van der Waals surface area contributed by atoms with Crippen LogP contribution in [0.1, 0.15) is 42.6 Å². The molecule has 1 aliphatic heterocycles. The summed E-state index contributed by atoms with van der Waals surface area (Å²) in [7, 11) is 0. The van der Waals surface area contributed by atoms with Crippen molar-refractivity contribution in [3.05, 3.63) is 41.5 Å². The molecule has 1 unspecified atom stereocenters. The van der Waals surface area contributed by atoms with Crippen molar-refractivity contribution in [2.75, 3.05) is 6.61 Å². The standard InChI is InChI=1S/C14H17N3O2/c1-2-11(15)14-16-13(17-19-14)10-7-9-5-3-4-6-12(9)18-8-10/h3-6,10-11H,2,7-8,15H2,1H3/t10?,11-/m1/s1. The number of fused-ring (bicyclic) bond motifs is 1. The highest BCUT2D eigenvalue weighted by atomic mass is 16.5. The van der Waals surface area contributed by atoms with Crippen LogP contribution < -0.4 is 10.5 Å². The highest BCUT2D eigenvalue weighted by Gasteiger charge is 2.26. The lowest BCUT2D eigenvalue weighted by Crippen LogP contribution is -2.20. The van der Waals surface area contributed by atoms with Crippen molar-refractivity contribution in [1.29, 1.82) is 0 Å². The Bertz CT molecular complexity index is 567. The lowest BCUT2D eigenvalue weighted by Gasteiger charge is -2.22. The van der Waals surface area contributed by atoms with Gasteiger partial charge < -0.3 is 15.0 Å². The van der Waals surface area contributed by atoms with Gasteiger partial charge in [-0.2, -0.15) is 4.98 Å². The molecule has 0 aliphatic carbocycles. The van der Waals surface area contributed by atoms with E-state index >= 15 is 0 Å². The average Bonchev–Trinajstić information content (AvgIpc) is 2.95. The van der Waals surface area contributed by atoms with Crippen LogP contribution in [-0.2, 0) is 6.42 Å². The number of hydrogen-bond donors (Lipinski definition) is 1. The van der Waals surface area contributed by atoms with Gasteiger partial charge in [0.25, 0.3) is 0 Å². The normalized spacial score (nSPS) is 19.6. The van der Waals surface area contributed by atoms with Crippen molar-refractivity contribution < 1.29 is 9.26 Å². The molecule has 19 heavy (non-hydrogen) atoms. The molecule has 2 N–H and O–H groups in total. The van der Waals surface area contributed by atoms with Gasteiger partial charge >= 0.3 is 0 Å². The molecule has 0 saturated carbocycles. The molecule has 0 saturated heterocycles. The molecule has 0 spiro atoms. The Morgan fingerprint density at radius 3 is 3.11 bits per heavy atom. The zero-order valence-corrected chi connectivity index (χ0v) is 10.9. The zero-order valence-electron chi connectivity index (χ0n) is 10.9. The Kier molecular flexibility index (Phi) is 3.21. The van der Waals surface area contributed by atoms with E-state index in [0.717, 1.165) is 18.6 Å². The molecule has 100 valence electrons. The third-order valence-electron chi connectivity index (χ3n) is 3.46. The lowest BCUT2D eigenvalue weighted by molar-refractivity contribution is 0.253. The summed E-state index contributed by atoms with van der Waals surface area (Å²) in [5.74, 6) is 2.29. The minimum Gasteiger partial charge on any atom is -0.493 e. The van der Waals surface area contributed by atoms with Gasteiger partial charge in [0.2, 0.25) is 5.89 Å². The molecular weight excluding hydrogens is 242 g/mol. The predicted molar refractivity (Wildman–Crippen MR) is 69.9 cm³/mol. The summed E-state index contributed by atoms with van der Waals surface area (Å²) >= 11 is 0. The largest absolute Gasteiger partial charge is 0.493 e. The number of hydrogen-bond acceptors (Lipinski definition) is 5. The lowest BCUT2D eigenvalue weighted by atomic mass is 9.96. The van der Waals surface area contributed by atoms with Gasteiger partial charge in [-0.25, -0.2) is 0 Å². The zero-order chi connectivity index (χ0) is 13.2. The topological polar surface area (TPSA) is 74.2 Å². The van der Waals surface area contributed by atoms with Gasteiger partial charge in [0, 0.05) is 0 Å². The predicted octanol–water partition coefficient (Wildman–Crippen LogP) is 2.20. The third kappa shape index (κ3) is 2.33. The summed E-state index contributed by atoms with van der Waals surface area (Å²) in [6.07, 6.45) is 1.65. The highest BCUT2D eigenvalue weighted by molar-refractivity contribution is 5.36. The third-order valence-corrected chi connectivity index (χ3v) is 3.46. The van der Waals surface area contributed by atoms with E-state index in [1.807, 2.05) is 25.1 Å². The van der Waals surface area contributed by atoms with Crippen molar-refractivity contribution in [3.63, 3.8) is 0 Å². The number of para-hydroxylation sites is 1. The average molecular weight is 259 g/mol. The van der Waals surface area contributed by atoms with Crippen molar-refractivity contribution >= 4 is 0 Å². The van der Waals surface area contributed by atoms with Crippen LogP contribution in [0.25, 0.3) is 0 Å². The molecule has 1 aliphatic rings. The van der Waals surface area contributed by atoms with Crippen molar-refractivity contribution in [2.45, 2.75) is 31.7 Å². The van der Waals surface area contributed by atoms with E-state index in [9.17, 15) is 0 Å². The number of ether oxygens (including phenoxy) is 1. The molecule has 5 nitrogen and oxygen atoms in total. The Balaban J connectivity index is 1.79. The summed E-state index contributed by atoms with van der Waals surface area (Å²) in [6.45, 7) is 2.58. The molecule has 1 aromatic heterocycles. The minimum atomic E-state index is -0.182. The van der Waals surface area contributed by atoms with E-state index < -0.39 is 0 Å². The van der Waals surface area contributed by atoms with Gasteiger partial charge in [-0.1, -0.05) is 30.3 Å². The summed E-state index contributed by atoms with van der Waals surface area (Å²) in [4.78, 5) is 4.39. The fraction of sp³-hybridized carbons (Fsp3) is 0.429. The first-order valence-corrected chi connectivity index (χ1v) is 6.57. The maximum atomic E-state index is 5.89. The van der Waals surface area contributed by atoms with Crippen LogP contribution in [0.2, 0.25) is 0 Å². The van der Waals surface area contributed by atoms with Gasteiger partial charge in [0.05, 0.1) is 18.6 Å². The van der Waals surface area contributed by atoms with E-state index in [4.69, 9.17) is 15.0 Å². The fourth-order valence-corrected chi connectivity index (χ4v) is 2.23. The first-order valence-electron chi connectivity index (χ1n) is 6.57. The van der Waals surface area contributed by atoms with Crippen LogP contribution in [0.3, 0.4) is 0 Å². The smallest absolute Gasteiger partial charge is 0.243 e. The molecule has 2 atom stereocenters. The fourth-order valence-electron chi connectivity index (χ4n) is 2.23. The monoisotopic (exact) mass is 259 g/mol. The summed E-state index contributed by atoms with van der Waals surface area (Å²) < 4.78 is 11.0.